The number of pyridine rings is 1. The number of nitrogens with zero attached hydrogens (tertiary/aromatic N) is 5. The molecule has 0 bridgehead atoms. The van der Waals surface area contributed by atoms with E-state index in [-0.39, 0.29) is 24.7 Å². The minimum atomic E-state index is -4.78. The summed E-state index contributed by atoms with van der Waals surface area (Å²) in [6.07, 6.45) is 17.4. The Kier molecular flexibility index (Phi) is 20.5. The monoisotopic (exact) mass is 824 g/mol. The van der Waals surface area contributed by atoms with E-state index in [1.165, 1.54) is 107 Å². The zero-order valence-electron chi connectivity index (χ0n) is 34.4. The highest BCUT2D eigenvalue weighted by Crippen LogP contribution is 2.46. The average molecular weight is 825 g/mol. The molecule has 3 heterocycles. The van der Waals surface area contributed by atoms with Crippen LogP contribution in [0.25, 0.3) is 16.4 Å². The van der Waals surface area contributed by atoms with E-state index in [1.807, 2.05) is 42.5 Å². The Morgan fingerprint density at radius 2 is 1.52 bits per heavy atom. The topological polar surface area (TPSA) is 208 Å². The normalized spacial score (nSPS) is 15.5. The van der Waals surface area contributed by atoms with Crippen LogP contribution in [0.3, 0.4) is 0 Å². The van der Waals surface area contributed by atoms with Crippen LogP contribution in [0.4, 0.5) is 5.82 Å². The second kappa shape index (κ2) is 25.2. The molecule has 15 heteroatoms. The van der Waals surface area contributed by atoms with Gasteiger partial charge in [-0.15, -0.1) is 0 Å². The summed E-state index contributed by atoms with van der Waals surface area (Å²) < 4.78 is 37.1. The van der Waals surface area contributed by atoms with E-state index in [0.717, 1.165) is 35.9 Å². The number of nitrogen functional groups attached to an aromatic ring is 1. The molecule has 0 fully saturated rings. The zero-order valence-corrected chi connectivity index (χ0v) is 35.3. The number of ether oxygens (including phenoxy) is 2. The number of hydrogen-bond acceptors (Lipinski definition) is 12. The molecule has 14 nitrogen and oxygen atoms in total. The second-order valence-electron chi connectivity index (χ2n) is 15.3. The summed E-state index contributed by atoms with van der Waals surface area (Å²) in [5.74, 6) is 0.158. The maximum absolute atomic E-state index is 13.3. The predicted octanol–water partition coefficient (Wildman–Crippen LogP) is 8.92. The van der Waals surface area contributed by atoms with Crippen LogP contribution in [0.15, 0.2) is 54.9 Å². The van der Waals surface area contributed by atoms with Crippen molar-refractivity contribution in [2.45, 2.75) is 153 Å². The fraction of sp³-hybridized carbons (Fsp3) is 0.628. The Balaban J connectivity index is 1.27. The first-order valence-electron chi connectivity index (χ1n) is 21.1. The number of benzene rings is 1. The summed E-state index contributed by atoms with van der Waals surface area (Å²) in [7, 11) is -3.57. The molecule has 0 aliphatic carbocycles. The van der Waals surface area contributed by atoms with Gasteiger partial charge in [0.05, 0.1) is 55.3 Å². The molecule has 58 heavy (non-hydrogen) atoms. The van der Waals surface area contributed by atoms with E-state index in [9.17, 15) is 24.9 Å². The number of hydrogen-bond donors (Lipinski definition) is 4. The molecule has 0 spiro atoms. The number of phosphoric acid groups is 1. The first-order chi connectivity index (χ1) is 28.1. The van der Waals surface area contributed by atoms with Gasteiger partial charge in [0.1, 0.15) is 29.7 Å². The van der Waals surface area contributed by atoms with Crippen LogP contribution in [0.1, 0.15) is 140 Å². The predicted molar refractivity (Wildman–Crippen MR) is 225 cm³/mol. The molecule has 1 unspecified atom stereocenters. The molecular formula is C43H65N6O8P. The molecule has 0 amide bonds. The van der Waals surface area contributed by atoms with Crippen molar-refractivity contribution in [1.82, 2.24) is 19.6 Å². The van der Waals surface area contributed by atoms with Gasteiger partial charge in [-0.05, 0) is 30.7 Å². The van der Waals surface area contributed by atoms with Gasteiger partial charge < -0.3 is 30.3 Å². The fourth-order valence-corrected chi connectivity index (χ4v) is 8.02. The van der Waals surface area contributed by atoms with Gasteiger partial charge in [-0.1, -0.05) is 134 Å². The molecule has 0 radical (unpaired) electrons. The lowest BCUT2D eigenvalue weighted by atomic mass is 9.89. The third kappa shape index (κ3) is 14.9. The van der Waals surface area contributed by atoms with Crippen LogP contribution in [0.2, 0.25) is 0 Å². The van der Waals surface area contributed by atoms with Crippen molar-refractivity contribution in [1.29, 1.82) is 5.26 Å². The molecule has 4 rings (SSSR count). The van der Waals surface area contributed by atoms with E-state index in [0.29, 0.717) is 11.9 Å². The Hall–Kier alpha value is -3.51. The van der Waals surface area contributed by atoms with Gasteiger partial charge in [0.15, 0.2) is 5.82 Å². The highest BCUT2D eigenvalue weighted by Gasteiger charge is 2.46. The summed E-state index contributed by atoms with van der Waals surface area (Å²) in [4.78, 5) is 19.4. The van der Waals surface area contributed by atoms with Crippen molar-refractivity contribution in [3.05, 3.63) is 66.2 Å². The largest absolute Gasteiger partial charge is 0.472 e. The fourth-order valence-electron chi connectivity index (χ4n) is 7.21. The standard InChI is InChI=1S/C43H65N6O8P/c1-3-4-5-6-7-8-9-10-11-12-13-14-15-16-17-18-22-36(55-30-35-25-24-34-21-19-20-23-37(34)48-35)31-56-58(52,53)57-32-43(54-2,28-29-44)41(51)40(50)38-26-27-39-42(45)46-33-47-49(38)39/h19-21,23-27,33,36,40-41,50-51H,3-18,22,28,30-32H2,1-2H3,(H,52,53)(H2,45,46,47)/t36-,40-,41-,43+/m0/s1. The first kappa shape index (κ1) is 47.2. The third-order valence-corrected chi connectivity index (χ3v) is 11.8. The number of phosphoric ester groups is 1. The van der Waals surface area contributed by atoms with Gasteiger partial charge in [-0.2, -0.15) is 10.4 Å². The lowest BCUT2D eigenvalue weighted by Gasteiger charge is -2.37. The number of aromatic nitrogens is 4. The van der Waals surface area contributed by atoms with Crippen molar-refractivity contribution in [3.63, 3.8) is 0 Å². The highest BCUT2D eigenvalue weighted by atomic mass is 31.2. The Labute approximate surface area is 343 Å². The Morgan fingerprint density at radius 3 is 2.16 bits per heavy atom. The number of fused-ring (bicyclic) bond motifs is 2. The van der Waals surface area contributed by atoms with Crippen LogP contribution < -0.4 is 5.73 Å². The van der Waals surface area contributed by atoms with Crippen LogP contribution in [-0.4, -0.2) is 72.8 Å². The summed E-state index contributed by atoms with van der Waals surface area (Å²) in [6.45, 7) is 1.43. The lowest BCUT2D eigenvalue weighted by Crippen LogP contribution is -2.51. The maximum Gasteiger partial charge on any atom is 0.472 e. The molecular weight excluding hydrogens is 759 g/mol. The third-order valence-electron chi connectivity index (χ3n) is 10.8. The summed E-state index contributed by atoms with van der Waals surface area (Å²) in [5, 5.41) is 37.3. The van der Waals surface area contributed by atoms with E-state index in [2.05, 4.69) is 17.0 Å². The molecule has 0 aliphatic heterocycles. The Bertz CT molecular complexity index is 1870. The van der Waals surface area contributed by atoms with Gasteiger partial charge >= 0.3 is 7.82 Å². The molecule has 1 aromatic carbocycles. The molecule has 4 aromatic rings. The zero-order chi connectivity index (χ0) is 41.6. The average Bonchev–Trinajstić information content (AvgIpc) is 3.68. The number of methoxy groups -OCH3 is 1. The molecule has 5 atom stereocenters. The molecule has 5 N–H and O–H groups in total. The van der Waals surface area contributed by atoms with Crippen LogP contribution in [-0.2, 0) is 29.7 Å². The summed E-state index contributed by atoms with van der Waals surface area (Å²) in [6, 6.07) is 16.7. The number of nitriles is 1. The number of unbranched alkanes of at least 4 members (excludes halogenated alkanes) is 15. The number of para-hydroxylation sites is 1. The summed E-state index contributed by atoms with van der Waals surface area (Å²) in [5.41, 5.74) is 6.08. The maximum atomic E-state index is 13.3. The van der Waals surface area contributed by atoms with Crippen molar-refractivity contribution in [2.24, 2.45) is 0 Å². The van der Waals surface area contributed by atoms with Gasteiger partial charge in [-0.25, -0.2) is 14.1 Å². The number of anilines is 1. The van der Waals surface area contributed by atoms with Crippen molar-refractivity contribution in [3.8, 4) is 6.07 Å². The van der Waals surface area contributed by atoms with E-state index in [1.54, 1.807) is 6.07 Å². The second-order valence-corrected chi connectivity index (χ2v) is 16.7. The van der Waals surface area contributed by atoms with Crippen LogP contribution in [0, 0.1) is 11.3 Å². The number of aliphatic hydroxyl groups is 2. The van der Waals surface area contributed by atoms with Crippen molar-refractivity contribution < 1.29 is 38.2 Å². The minimum absolute atomic E-state index is 0.134. The van der Waals surface area contributed by atoms with Gasteiger partial charge in [0.2, 0.25) is 0 Å². The van der Waals surface area contributed by atoms with Crippen molar-refractivity contribution in [2.75, 3.05) is 26.1 Å². The van der Waals surface area contributed by atoms with Crippen molar-refractivity contribution >= 4 is 30.1 Å². The van der Waals surface area contributed by atoms with Gasteiger partial charge in [0, 0.05) is 12.5 Å². The van der Waals surface area contributed by atoms with Gasteiger partial charge in [0.25, 0.3) is 0 Å². The number of nitrogens with two attached hydrogens (primary N) is 1. The van der Waals surface area contributed by atoms with E-state index >= 15 is 0 Å². The highest BCUT2D eigenvalue weighted by molar-refractivity contribution is 7.47. The lowest BCUT2D eigenvalue weighted by molar-refractivity contribution is -0.162. The molecule has 0 aliphatic rings. The smallest absolute Gasteiger partial charge is 0.387 e. The summed E-state index contributed by atoms with van der Waals surface area (Å²) >= 11 is 0. The molecule has 0 saturated heterocycles. The van der Waals surface area contributed by atoms with Gasteiger partial charge in [-0.3, -0.25) is 14.0 Å². The van der Waals surface area contributed by atoms with E-state index in [4.69, 9.17) is 29.2 Å². The van der Waals surface area contributed by atoms with Crippen LogP contribution >= 0.6 is 7.82 Å². The van der Waals surface area contributed by atoms with Crippen LogP contribution in [0.5, 0.6) is 0 Å². The quantitative estimate of drug-likeness (QED) is 0.0276. The SMILES string of the molecule is CCCCCCCCCCCCCCCCCC[C@@H](COP(=O)(O)OC[C@@](CC#N)(OC)[C@@H](O)[C@@H](O)c1ccc2c(N)ncnn12)OCc1ccc2ccccc2n1. The first-order valence-corrected chi connectivity index (χ1v) is 22.6. The number of rotatable bonds is 31. The molecule has 3 aromatic heterocycles. The van der Waals surface area contributed by atoms with E-state index < -0.39 is 44.8 Å². The molecule has 320 valence electrons. The Morgan fingerprint density at radius 1 is 0.879 bits per heavy atom. The minimum Gasteiger partial charge on any atom is -0.387 e. The number of aliphatic hydroxyl groups excluding tert-OH is 2. The molecule has 0 saturated carbocycles.